The summed E-state index contributed by atoms with van der Waals surface area (Å²) in [6.45, 7) is 7.31. The molecule has 1 aliphatic carbocycles. The standard InChI is InChI=1S/C16H31N3O/c1-3-9-18-10-12-19(13-11-18)15(20)14-16(17-2)7-5-4-6-8-16/h17H,3-14H2,1-2H3. The molecule has 2 rings (SSSR count). The highest BCUT2D eigenvalue weighted by Crippen LogP contribution is 2.31. The van der Waals surface area contributed by atoms with E-state index >= 15 is 0 Å². The summed E-state index contributed by atoms with van der Waals surface area (Å²) >= 11 is 0. The molecule has 0 unspecified atom stereocenters. The molecule has 0 aromatic heterocycles. The van der Waals surface area contributed by atoms with Crippen molar-refractivity contribution < 1.29 is 4.79 Å². The number of carbonyl (C=O) groups excluding carboxylic acids is 1. The van der Waals surface area contributed by atoms with E-state index in [0.29, 0.717) is 12.3 Å². The van der Waals surface area contributed by atoms with Crippen molar-refractivity contribution in [3.8, 4) is 0 Å². The molecule has 1 heterocycles. The molecule has 0 radical (unpaired) electrons. The maximum Gasteiger partial charge on any atom is 0.224 e. The van der Waals surface area contributed by atoms with Gasteiger partial charge in [-0.1, -0.05) is 26.2 Å². The molecule has 2 fully saturated rings. The van der Waals surface area contributed by atoms with Crippen LogP contribution in [0, 0.1) is 0 Å². The third-order valence-corrected chi connectivity index (χ3v) is 5.10. The van der Waals surface area contributed by atoms with Crippen LogP contribution in [0.2, 0.25) is 0 Å². The quantitative estimate of drug-likeness (QED) is 0.835. The second kappa shape index (κ2) is 7.41. The lowest BCUT2D eigenvalue weighted by molar-refractivity contribution is -0.134. The summed E-state index contributed by atoms with van der Waals surface area (Å²) < 4.78 is 0. The van der Waals surface area contributed by atoms with Gasteiger partial charge in [0.15, 0.2) is 0 Å². The van der Waals surface area contributed by atoms with Crippen LogP contribution in [-0.4, -0.2) is 61.0 Å². The average molecular weight is 281 g/mol. The topological polar surface area (TPSA) is 35.6 Å². The van der Waals surface area contributed by atoms with Crippen molar-refractivity contribution in [1.82, 2.24) is 15.1 Å². The fourth-order valence-corrected chi connectivity index (χ4v) is 3.68. The van der Waals surface area contributed by atoms with Crippen LogP contribution in [0.3, 0.4) is 0 Å². The maximum absolute atomic E-state index is 12.6. The Morgan fingerprint density at radius 1 is 1.10 bits per heavy atom. The summed E-state index contributed by atoms with van der Waals surface area (Å²) in [5.74, 6) is 0.359. The minimum absolute atomic E-state index is 0.0793. The van der Waals surface area contributed by atoms with E-state index < -0.39 is 0 Å². The predicted octanol–water partition coefficient (Wildman–Crippen LogP) is 1.85. The van der Waals surface area contributed by atoms with Crippen molar-refractivity contribution in [2.45, 2.75) is 57.4 Å². The maximum atomic E-state index is 12.6. The van der Waals surface area contributed by atoms with E-state index in [1.165, 1.54) is 32.2 Å². The fraction of sp³-hybridized carbons (Fsp3) is 0.938. The first-order valence-corrected chi connectivity index (χ1v) is 8.38. The van der Waals surface area contributed by atoms with Gasteiger partial charge in [0, 0.05) is 38.1 Å². The Hall–Kier alpha value is -0.610. The lowest BCUT2D eigenvalue weighted by atomic mass is 9.79. The Kier molecular flexibility index (Phi) is 5.85. The first-order chi connectivity index (χ1) is 9.69. The van der Waals surface area contributed by atoms with Crippen molar-refractivity contribution >= 4 is 5.91 Å². The molecule has 0 bridgehead atoms. The summed E-state index contributed by atoms with van der Waals surface area (Å²) in [6.07, 6.45) is 8.06. The van der Waals surface area contributed by atoms with Crippen LogP contribution in [-0.2, 0) is 4.79 Å². The lowest BCUT2D eigenvalue weighted by Gasteiger charge is -2.40. The highest BCUT2D eigenvalue weighted by molar-refractivity contribution is 5.77. The third kappa shape index (κ3) is 3.95. The van der Waals surface area contributed by atoms with Crippen LogP contribution in [0.25, 0.3) is 0 Å². The molecule has 4 heteroatoms. The minimum Gasteiger partial charge on any atom is -0.340 e. The molecule has 0 aromatic carbocycles. The number of carbonyl (C=O) groups is 1. The van der Waals surface area contributed by atoms with Gasteiger partial charge in [-0.3, -0.25) is 9.69 Å². The molecular formula is C16H31N3O. The second-order valence-electron chi connectivity index (χ2n) is 6.49. The number of rotatable bonds is 5. The molecule has 1 aliphatic heterocycles. The molecule has 4 nitrogen and oxygen atoms in total. The number of nitrogens with one attached hydrogen (secondary N) is 1. The zero-order valence-electron chi connectivity index (χ0n) is 13.3. The van der Waals surface area contributed by atoms with Crippen molar-refractivity contribution in [3.05, 3.63) is 0 Å². The second-order valence-corrected chi connectivity index (χ2v) is 6.49. The van der Waals surface area contributed by atoms with Crippen LogP contribution in [0.5, 0.6) is 0 Å². The number of nitrogens with zero attached hydrogens (tertiary/aromatic N) is 2. The predicted molar refractivity (Wildman–Crippen MR) is 82.8 cm³/mol. The molecule has 20 heavy (non-hydrogen) atoms. The van der Waals surface area contributed by atoms with Gasteiger partial charge in [0.25, 0.3) is 0 Å². The van der Waals surface area contributed by atoms with Gasteiger partial charge in [0.1, 0.15) is 0 Å². The van der Waals surface area contributed by atoms with Crippen molar-refractivity contribution in [3.63, 3.8) is 0 Å². The molecule has 0 atom stereocenters. The van der Waals surface area contributed by atoms with Gasteiger partial charge >= 0.3 is 0 Å². The highest BCUT2D eigenvalue weighted by Gasteiger charge is 2.34. The van der Waals surface area contributed by atoms with Crippen LogP contribution in [0.4, 0.5) is 0 Å². The summed E-state index contributed by atoms with van der Waals surface area (Å²) in [5.41, 5.74) is 0.0793. The summed E-state index contributed by atoms with van der Waals surface area (Å²) in [5, 5.41) is 3.46. The average Bonchev–Trinajstić information content (AvgIpc) is 2.49. The molecule has 0 aromatic rings. The highest BCUT2D eigenvalue weighted by atomic mass is 16.2. The van der Waals surface area contributed by atoms with E-state index in [1.54, 1.807) is 0 Å². The zero-order valence-corrected chi connectivity index (χ0v) is 13.3. The molecule has 116 valence electrons. The van der Waals surface area contributed by atoms with E-state index in [4.69, 9.17) is 0 Å². The van der Waals surface area contributed by atoms with Gasteiger partial charge in [-0.15, -0.1) is 0 Å². The monoisotopic (exact) mass is 281 g/mol. The van der Waals surface area contributed by atoms with Crippen molar-refractivity contribution in [2.75, 3.05) is 39.8 Å². The van der Waals surface area contributed by atoms with Gasteiger partial charge in [-0.05, 0) is 32.9 Å². The molecule has 2 aliphatic rings. The molecule has 1 saturated carbocycles. The van der Waals surface area contributed by atoms with E-state index in [2.05, 4.69) is 22.0 Å². The zero-order chi connectivity index (χ0) is 14.4. The van der Waals surface area contributed by atoms with Gasteiger partial charge in [0.05, 0.1) is 0 Å². The van der Waals surface area contributed by atoms with Crippen LogP contribution in [0.1, 0.15) is 51.9 Å². The van der Waals surface area contributed by atoms with Crippen molar-refractivity contribution in [2.24, 2.45) is 0 Å². The summed E-state index contributed by atoms with van der Waals surface area (Å²) in [6, 6.07) is 0. The van der Waals surface area contributed by atoms with E-state index in [9.17, 15) is 4.79 Å². The Morgan fingerprint density at radius 3 is 2.30 bits per heavy atom. The first kappa shape index (κ1) is 15.8. The normalized spacial score (nSPS) is 23.8. The van der Waals surface area contributed by atoms with Gasteiger partial charge in [0.2, 0.25) is 5.91 Å². The molecule has 1 N–H and O–H groups in total. The Morgan fingerprint density at radius 2 is 1.75 bits per heavy atom. The number of hydrogen-bond acceptors (Lipinski definition) is 3. The van der Waals surface area contributed by atoms with Crippen LogP contribution < -0.4 is 5.32 Å². The van der Waals surface area contributed by atoms with E-state index in [-0.39, 0.29) is 5.54 Å². The lowest BCUT2D eigenvalue weighted by Crippen LogP contribution is -2.53. The fourth-order valence-electron chi connectivity index (χ4n) is 3.68. The van der Waals surface area contributed by atoms with Gasteiger partial charge in [-0.2, -0.15) is 0 Å². The summed E-state index contributed by atoms with van der Waals surface area (Å²) in [7, 11) is 2.03. The van der Waals surface area contributed by atoms with Crippen molar-refractivity contribution in [1.29, 1.82) is 0 Å². The Balaban J connectivity index is 1.82. The molecule has 1 amide bonds. The molecule has 1 saturated heterocycles. The Bertz CT molecular complexity index is 305. The third-order valence-electron chi connectivity index (χ3n) is 5.10. The van der Waals surface area contributed by atoms with Gasteiger partial charge in [-0.25, -0.2) is 0 Å². The summed E-state index contributed by atoms with van der Waals surface area (Å²) in [4.78, 5) is 17.1. The Labute approximate surface area is 123 Å². The number of piperazine rings is 1. The van der Waals surface area contributed by atoms with E-state index in [0.717, 1.165) is 39.0 Å². The number of amides is 1. The first-order valence-electron chi connectivity index (χ1n) is 8.38. The van der Waals surface area contributed by atoms with Gasteiger partial charge < -0.3 is 10.2 Å². The van der Waals surface area contributed by atoms with E-state index in [1.807, 2.05) is 7.05 Å². The van der Waals surface area contributed by atoms with Crippen LogP contribution in [0.15, 0.2) is 0 Å². The molecule has 0 spiro atoms. The van der Waals surface area contributed by atoms with Crippen LogP contribution >= 0.6 is 0 Å². The largest absolute Gasteiger partial charge is 0.340 e. The SMILES string of the molecule is CCCN1CCN(C(=O)CC2(NC)CCCCC2)CC1. The molecular weight excluding hydrogens is 250 g/mol. The smallest absolute Gasteiger partial charge is 0.224 e. The number of hydrogen-bond donors (Lipinski definition) is 1. The minimum atomic E-state index is 0.0793.